The highest BCUT2D eigenvalue weighted by Gasteiger charge is 2.38. The number of benzene rings is 1. The van der Waals surface area contributed by atoms with Crippen molar-refractivity contribution in [3.8, 4) is 0 Å². The summed E-state index contributed by atoms with van der Waals surface area (Å²) in [6.45, 7) is 2.19. The standard InChI is InChI=1S/C24H29N5O2S/c1-2-19-13-18(16-32(30,31)12-6-9-17-7-4-3-5-8-17)14-20(19)24-28-27-22-15-26-23-21(29(22)24)10-11-25-23/h3-5,7-8,10-11,15,18-20,25H,2,6,9,12-14,16H2,1H3/t18-,19+,20-/m0/s1. The van der Waals surface area contributed by atoms with Gasteiger partial charge in [-0.05, 0) is 49.1 Å². The summed E-state index contributed by atoms with van der Waals surface area (Å²) in [5, 5.41) is 8.88. The van der Waals surface area contributed by atoms with E-state index in [0.717, 1.165) is 48.3 Å². The molecule has 1 N–H and O–H groups in total. The number of fused-ring (bicyclic) bond motifs is 3. The molecule has 5 rings (SSSR count). The fourth-order valence-corrected chi connectivity index (χ4v) is 7.11. The van der Waals surface area contributed by atoms with E-state index >= 15 is 0 Å². The fraction of sp³-hybridized carbons (Fsp3) is 0.458. The number of rotatable bonds is 8. The molecule has 0 bridgehead atoms. The number of aromatic amines is 1. The first-order valence-electron chi connectivity index (χ1n) is 11.5. The maximum Gasteiger partial charge on any atom is 0.179 e. The van der Waals surface area contributed by atoms with Crippen LogP contribution in [0.25, 0.3) is 16.8 Å². The van der Waals surface area contributed by atoms with Gasteiger partial charge in [-0.25, -0.2) is 13.4 Å². The van der Waals surface area contributed by atoms with Gasteiger partial charge >= 0.3 is 0 Å². The lowest BCUT2D eigenvalue weighted by atomic mass is 9.93. The van der Waals surface area contributed by atoms with Crippen LogP contribution in [0.4, 0.5) is 0 Å². The van der Waals surface area contributed by atoms with E-state index in [1.165, 1.54) is 5.56 Å². The molecule has 8 heteroatoms. The Kier molecular flexibility index (Phi) is 5.71. The molecule has 3 aromatic heterocycles. The number of nitrogens with zero attached hydrogens (tertiary/aromatic N) is 4. The molecule has 32 heavy (non-hydrogen) atoms. The van der Waals surface area contributed by atoms with Crippen molar-refractivity contribution in [2.24, 2.45) is 11.8 Å². The van der Waals surface area contributed by atoms with Crippen LogP contribution >= 0.6 is 0 Å². The molecule has 1 aliphatic rings. The van der Waals surface area contributed by atoms with Crippen LogP contribution in [0, 0.1) is 11.8 Å². The lowest BCUT2D eigenvalue weighted by Crippen LogP contribution is -2.18. The zero-order valence-corrected chi connectivity index (χ0v) is 19.1. The molecule has 0 amide bonds. The van der Waals surface area contributed by atoms with Gasteiger partial charge in [0.15, 0.2) is 21.1 Å². The van der Waals surface area contributed by atoms with Crippen LogP contribution in [0.15, 0.2) is 48.8 Å². The van der Waals surface area contributed by atoms with Gasteiger partial charge in [0.25, 0.3) is 0 Å². The fourth-order valence-electron chi connectivity index (χ4n) is 5.37. The van der Waals surface area contributed by atoms with Crippen molar-refractivity contribution in [1.82, 2.24) is 24.6 Å². The third-order valence-electron chi connectivity index (χ3n) is 6.87. The molecule has 3 heterocycles. The van der Waals surface area contributed by atoms with Gasteiger partial charge in [-0.15, -0.1) is 10.2 Å². The quantitative estimate of drug-likeness (QED) is 0.434. The van der Waals surface area contributed by atoms with Gasteiger partial charge in [0.05, 0.1) is 23.2 Å². The van der Waals surface area contributed by atoms with Crippen molar-refractivity contribution in [1.29, 1.82) is 0 Å². The van der Waals surface area contributed by atoms with Gasteiger partial charge in [0.1, 0.15) is 5.82 Å². The van der Waals surface area contributed by atoms with Crippen LogP contribution < -0.4 is 0 Å². The summed E-state index contributed by atoms with van der Waals surface area (Å²) in [7, 11) is -3.09. The highest BCUT2D eigenvalue weighted by Crippen LogP contribution is 2.45. The third kappa shape index (κ3) is 4.16. The molecule has 0 aliphatic heterocycles. The average molecular weight is 452 g/mol. The summed E-state index contributed by atoms with van der Waals surface area (Å²) < 4.78 is 27.8. The Hall–Kier alpha value is -2.74. The van der Waals surface area contributed by atoms with Crippen LogP contribution in [0.1, 0.15) is 49.9 Å². The largest absolute Gasteiger partial charge is 0.345 e. The molecule has 1 saturated carbocycles. The van der Waals surface area contributed by atoms with Gasteiger partial charge < -0.3 is 4.98 Å². The van der Waals surface area contributed by atoms with Crippen LogP contribution in [-0.2, 0) is 16.3 Å². The molecule has 1 fully saturated rings. The molecule has 4 aromatic rings. The lowest BCUT2D eigenvalue weighted by Gasteiger charge is -2.16. The summed E-state index contributed by atoms with van der Waals surface area (Å²) >= 11 is 0. The minimum absolute atomic E-state index is 0.169. The molecule has 0 spiro atoms. The minimum atomic E-state index is -3.09. The van der Waals surface area contributed by atoms with E-state index in [4.69, 9.17) is 0 Å². The Labute approximate surface area is 188 Å². The number of H-pyrrole nitrogens is 1. The van der Waals surface area contributed by atoms with E-state index in [-0.39, 0.29) is 23.3 Å². The first-order chi connectivity index (χ1) is 15.5. The van der Waals surface area contributed by atoms with Crippen LogP contribution in [0.5, 0.6) is 0 Å². The first kappa shape index (κ1) is 21.1. The number of sulfone groups is 1. The van der Waals surface area contributed by atoms with Crippen molar-refractivity contribution in [3.05, 3.63) is 60.2 Å². The molecule has 0 unspecified atom stereocenters. The van der Waals surface area contributed by atoms with E-state index in [0.29, 0.717) is 12.3 Å². The van der Waals surface area contributed by atoms with Crippen molar-refractivity contribution in [3.63, 3.8) is 0 Å². The van der Waals surface area contributed by atoms with E-state index in [1.807, 2.05) is 30.5 Å². The van der Waals surface area contributed by atoms with Gasteiger partial charge in [-0.3, -0.25) is 4.40 Å². The molecular formula is C24H29N5O2S. The monoisotopic (exact) mass is 451 g/mol. The highest BCUT2D eigenvalue weighted by molar-refractivity contribution is 7.91. The molecule has 1 aliphatic carbocycles. The average Bonchev–Trinajstić information content (AvgIpc) is 3.50. The predicted molar refractivity (Wildman–Crippen MR) is 125 cm³/mol. The Morgan fingerprint density at radius 1 is 1.12 bits per heavy atom. The second-order valence-electron chi connectivity index (χ2n) is 9.04. The smallest absolute Gasteiger partial charge is 0.179 e. The second-order valence-corrected chi connectivity index (χ2v) is 11.3. The van der Waals surface area contributed by atoms with Crippen molar-refractivity contribution >= 4 is 26.6 Å². The molecule has 168 valence electrons. The summed E-state index contributed by atoms with van der Waals surface area (Å²) in [4.78, 5) is 7.55. The van der Waals surface area contributed by atoms with E-state index in [2.05, 4.69) is 43.6 Å². The topological polar surface area (TPSA) is 93.0 Å². The van der Waals surface area contributed by atoms with Crippen molar-refractivity contribution in [2.45, 2.75) is 44.9 Å². The predicted octanol–water partition coefficient (Wildman–Crippen LogP) is 4.17. The van der Waals surface area contributed by atoms with Gasteiger partial charge in [0.2, 0.25) is 0 Å². The molecule has 0 radical (unpaired) electrons. The minimum Gasteiger partial charge on any atom is -0.345 e. The lowest BCUT2D eigenvalue weighted by molar-refractivity contribution is 0.447. The summed E-state index contributed by atoms with van der Waals surface area (Å²) in [6.07, 6.45) is 7.86. The number of hydrogen-bond donors (Lipinski definition) is 1. The van der Waals surface area contributed by atoms with Crippen LogP contribution in [-0.4, -0.2) is 44.5 Å². The van der Waals surface area contributed by atoms with E-state index in [1.54, 1.807) is 6.20 Å². The number of aromatic nitrogens is 5. The highest BCUT2D eigenvalue weighted by atomic mass is 32.2. The van der Waals surface area contributed by atoms with Crippen LogP contribution in [0.3, 0.4) is 0 Å². The number of hydrogen-bond acceptors (Lipinski definition) is 5. The maximum atomic E-state index is 12.9. The Morgan fingerprint density at radius 2 is 1.97 bits per heavy atom. The van der Waals surface area contributed by atoms with E-state index < -0.39 is 9.84 Å². The summed E-state index contributed by atoms with van der Waals surface area (Å²) in [5.41, 5.74) is 3.70. The molecule has 0 saturated heterocycles. The zero-order chi connectivity index (χ0) is 22.1. The van der Waals surface area contributed by atoms with E-state index in [9.17, 15) is 8.42 Å². The Morgan fingerprint density at radius 3 is 2.78 bits per heavy atom. The Balaban J connectivity index is 1.30. The SMILES string of the molecule is CC[C@@H]1C[C@H](CS(=O)(=O)CCCc2ccccc2)C[C@@H]1c1nnc2cnc3[nH]ccc3n12. The summed E-state index contributed by atoms with van der Waals surface area (Å²) in [5.74, 6) is 2.25. The summed E-state index contributed by atoms with van der Waals surface area (Å²) in [6, 6.07) is 12.1. The first-order valence-corrected chi connectivity index (χ1v) is 13.3. The molecule has 1 aromatic carbocycles. The van der Waals surface area contributed by atoms with Gasteiger partial charge in [-0.1, -0.05) is 43.7 Å². The Bertz CT molecular complexity index is 1310. The van der Waals surface area contributed by atoms with Gasteiger partial charge in [0, 0.05) is 12.1 Å². The third-order valence-corrected chi connectivity index (χ3v) is 8.76. The zero-order valence-electron chi connectivity index (χ0n) is 18.3. The normalized spacial score (nSPS) is 21.6. The van der Waals surface area contributed by atoms with Gasteiger partial charge in [-0.2, -0.15) is 0 Å². The number of aryl methyl sites for hydroxylation is 1. The molecular weight excluding hydrogens is 422 g/mol. The van der Waals surface area contributed by atoms with Crippen LogP contribution in [0.2, 0.25) is 0 Å². The molecule has 7 nitrogen and oxygen atoms in total. The number of nitrogens with one attached hydrogen (secondary N) is 1. The molecule has 3 atom stereocenters. The van der Waals surface area contributed by atoms with Crippen molar-refractivity contribution in [2.75, 3.05) is 11.5 Å². The van der Waals surface area contributed by atoms with Crippen molar-refractivity contribution < 1.29 is 8.42 Å². The maximum absolute atomic E-state index is 12.9. The second kappa shape index (κ2) is 8.65.